The summed E-state index contributed by atoms with van der Waals surface area (Å²) < 4.78 is 0. The van der Waals surface area contributed by atoms with Crippen LogP contribution in [0.5, 0.6) is 0 Å². The van der Waals surface area contributed by atoms with Gasteiger partial charge in [-0.2, -0.15) is 46.5 Å². The summed E-state index contributed by atoms with van der Waals surface area (Å²) in [5.41, 5.74) is 10.5. The number of benzene rings is 2. The Bertz CT molecular complexity index is 1130. The summed E-state index contributed by atoms with van der Waals surface area (Å²) >= 11 is 0. The maximum Gasteiger partial charge on any atom is 4.00 e. The standard InChI is InChI=1S/2C14H15.C12H23Si.2ClH.Hf/c2*1-11(2)13-8-9-14(10-13)12-6-4-3-5-7-12;1-3-7-11(8-4-1)13-12-9-5-2-6-10-12;;;/h2*3-11H,1-2H3;11-13H,1-10H2;2*1H;/q2*-1;;;;+4/p-2. The summed E-state index contributed by atoms with van der Waals surface area (Å²) in [5.74, 6) is 1.24. The van der Waals surface area contributed by atoms with Crippen LogP contribution in [0.1, 0.15) is 115 Å². The summed E-state index contributed by atoms with van der Waals surface area (Å²) in [6.07, 6.45) is 15.6. The van der Waals surface area contributed by atoms with E-state index in [0.717, 1.165) is 9.52 Å². The second kappa shape index (κ2) is 22.4. The van der Waals surface area contributed by atoms with E-state index in [9.17, 15) is 0 Å². The molecule has 0 atom stereocenters. The largest absolute Gasteiger partial charge is 4.00 e. The van der Waals surface area contributed by atoms with Crippen LogP contribution in [0.25, 0.3) is 22.3 Å². The van der Waals surface area contributed by atoms with Crippen LogP contribution in [0.4, 0.5) is 0 Å². The van der Waals surface area contributed by atoms with E-state index in [1.54, 1.807) is 51.4 Å². The average molecular weight is 811 g/mol. The Kier molecular flexibility index (Phi) is 20.7. The molecule has 44 heavy (non-hydrogen) atoms. The number of rotatable bonds is 6. The first-order valence-corrected chi connectivity index (χ1v) is 17.8. The zero-order chi connectivity index (χ0) is 28.9. The smallest absolute Gasteiger partial charge is 1.00 e. The number of hydrogen-bond donors (Lipinski definition) is 0. The molecule has 6 rings (SSSR count). The summed E-state index contributed by atoms with van der Waals surface area (Å²) in [4.78, 5) is 0. The quantitative estimate of drug-likeness (QED) is 0.158. The average Bonchev–Trinajstić information content (AvgIpc) is 3.72. The van der Waals surface area contributed by atoms with Crippen LogP contribution < -0.4 is 24.8 Å². The van der Waals surface area contributed by atoms with Gasteiger partial charge in [0.15, 0.2) is 0 Å². The third kappa shape index (κ3) is 13.7. The Morgan fingerprint density at radius 1 is 0.523 bits per heavy atom. The zero-order valence-electron chi connectivity index (χ0n) is 27.5. The van der Waals surface area contributed by atoms with Gasteiger partial charge in [-0.15, -0.1) is 0 Å². The molecule has 0 amide bonds. The van der Waals surface area contributed by atoms with Crippen LogP contribution in [0.2, 0.25) is 11.1 Å². The molecular weight excluding hydrogens is 758 g/mol. The van der Waals surface area contributed by atoms with Crippen molar-refractivity contribution >= 4 is 9.52 Å². The molecule has 0 nitrogen and oxygen atoms in total. The number of hydrogen-bond acceptors (Lipinski definition) is 0. The summed E-state index contributed by atoms with van der Waals surface area (Å²) in [6.45, 7) is 8.91. The molecule has 235 valence electrons. The first-order chi connectivity index (χ1) is 20.0. The van der Waals surface area contributed by atoms with Gasteiger partial charge in [-0.25, -0.2) is 12.1 Å². The van der Waals surface area contributed by atoms with E-state index in [4.69, 9.17) is 0 Å². The van der Waals surface area contributed by atoms with Gasteiger partial charge in [0, 0.05) is 9.52 Å². The normalized spacial score (nSPS) is 15.0. The minimum Gasteiger partial charge on any atom is -1.00 e. The van der Waals surface area contributed by atoms with Gasteiger partial charge in [-0.3, -0.25) is 0 Å². The molecule has 2 fully saturated rings. The van der Waals surface area contributed by atoms with E-state index in [2.05, 4.69) is 125 Å². The minimum atomic E-state index is 0. The van der Waals surface area contributed by atoms with Gasteiger partial charge < -0.3 is 24.8 Å². The summed E-state index contributed by atoms with van der Waals surface area (Å²) in [6, 6.07) is 34.4. The van der Waals surface area contributed by atoms with Gasteiger partial charge in [0.25, 0.3) is 0 Å². The molecule has 0 saturated heterocycles. The van der Waals surface area contributed by atoms with Gasteiger partial charge in [-0.1, -0.05) is 164 Å². The molecule has 0 aromatic heterocycles. The molecule has 0 heterocycles. The monoisotopic (exact) mass is 811 g/mol. The van der Waals surface area contributed by atoms with Crippen molar-refractivity contribution in [3.8, 4) is 22.3 Å². The van der Waals surface area contributed by atoms with E-state index in [1.165, 1.54) is 57.3 Å². The molecule has 1 radical (unpaired) electrons. The molecule has 4 aromatic carbocycles. The molecule has 2 saturated carbocycles. The van der Waals surface area contributed by atoms with Crippen LogP contribution in [0.3, 0.4) is 0 Å². The van der Waals surface area contributed by atoms with E-state index in [0.29, 0.717) is 11.8 Å². The van der Waals surface area contributed by atoms with Gasteiger partial charge in [0.05, 0.1) is 0 Å². The summed E-state index contributed by atoms with van der Waals surface area (Å²) in [5, 5.41) is 0. The Balaban J connectivity index is 0.000000319. The predicted molar refractivity (Wildman–Crippen MR) is 184 cm³/mol. The third-order valence-corrected chi connectivity index (χ3v) is 11.4. The van der Waals surface area contributed by atoms with Gasteiger partial charge in [-0.05, 0) is 22.9 Å². The van der Waals surface area contributed by atoms with Crippen molar-refractivity contribution in [1.82, 2.24) is 0 Å². The van der Waals surface area contributed by atoms with E-state index < -0.39 is 0 Å². The predicted octanol–water partition coefficient (Wildman–Crippen LogP) is 6.33. The fraction of sp³-hybridized carbons (Fsp3) is 0.450. The molecule has 4 heteroatoms. The second-order valence-electron chi connectivity index (χ2n) is 12.9. The fourth-order valence-electron chi connectivity index (χ4n) is 6.30. The first-order valence-electron chi connectivity index (χ1n) is 16.5. The molecule has 0 N–H and O–H groups in total. The third-order valence-electron chi connectivity index (χ3n) is 8.95. The van der Waals surface area contributed by atoms with Crippen molar-refractivity contribution in [1.29, 1.82) is 0 Å². The van der Waals surface area contributed by atoms with Crippen molar-refractivity contribution in [2.75, 3.05) is 0 Å². The molecular formula is C40H53Cl2HfSi. The van der Waals surface area contributed by atoms with E-state index in [1.807, 2.05) is 0 Å². The molecule has 0 spiro atoms. The van der Waals surface area contributed by atoms with Crippen molar-refractivity contribution in [3.05, 3.63) is 108 Å². The molecule has 0 unspecified atom stereocenters. The Morgan fingerprint density at radius 3 is 1.16 bits per heavy atom. The SMILES string of the molecule is C1CCC([SiH]C2CCCCC2)CC1.CC(C)c1cc(-c2ccccc2)c[cH-]1.CC(C)c1cc(-c2ccccc2)c[cH-]1.[Cl-].[Cl-].[Hf+4]. The van der Waals surface area contributed by atoms with Crippen LogP contribution in [-0.2, 0) is 25.8 Å². The Morgan fingerprint density at radius 2 is 0.864 bits per heavy atom. The van der Waals surface area contributed by atoms with Crippen LogP contribution in [-0.4, -0.2) is 9.52 Å². The second-order valence-corrected chi connectivity index (χ2v) is 15.2. The molecule has 2 aliphatic carbocycles. The molecule has 0 bridgehead atoms. The van der Waals surface area contributed by atoms with Crippen molar-refractivity contribution in [3.63, 3.8) is 0 Å². The topological polar surface area (TPSA) is 0 Å². The molecule has 4 aromatic rings. The van der Waals surface area contributed by atoms with Gasteiger partial charge >= 0.3 is 25.8 Å². The first kappa shape index (κ1) is 40.8. The summed E-state index contributed by atoms with van der Waals surface area (Å²) in [7, 11) is 0.825. The maximum atomic E-state index is 2.28. The van der Waals surface area contributed by atoms with Crippen molar-refractivity contribution in [2.45, 2.75) is 115 Å². The van der Waals surface area contributed by atoms with Crippen molar-refractivity contribution in [2.24, 2.45) is 0 Å². The van der Waals surface area contributed by atoms with Crippen LogP contribution in [0.15, 0.2) is 97.1 Å². The minimum absolute atomic E-state index is 0. The number of halogens is 2. The fourth-order valence-corrected chi connectivity index (χ4v) is 8.78. The molecule has 2 aliphatic rings. The van der Waals surface area contributed by atoms with Crippen LogP contribution >= 0.6 is 0 Å². The van der Waals surface area contributed by atoms with Crippen molar-refractivity contribution < 1.29 is 50.7 Å². The van der Waals surface area contributed by atoms with E-state index >= 15 is 0 Å². The van der Waals surface area contributed by atoms with Gasteiger partial charge in [0.1, 0.15) is 0 Å². The van der Waals surface area contributed by atoms with Crippen LogP contribution in [0, 0.1) is 0 Å². The maximum absolute atomic E-state index is 2.28. The van der Waals surface area contributed by atoms with Gasteiger partial charge in [0.2, 0.25) is 0 Å². The Hall–Kier alpha value is -1.19. The zero-order valence-corrected chi connectivity index (χ0v) is 33.7. The Labute approximate surface area is 303 Å². The molecule has 0 aliphatic heterocycles. The van der Waals surface area contributed by atoms with E-state index in [-0.39, 0.29) is 50.7 Å².